The Balaban J connectivity index is 2.43. The summed E-state index contributed by atoms with van der Waals surface area (Å²) in [5.41, 5.74) is 0.179. The zero-order valence-electron chi connectivity index (χ0n) is 9.16. The predicted octanol–water partition coefficient (Wildman–Crippen LogP) is 2.60. The lowest BCUT2D eigenvalue weighted by atomic mass is 9.96. The molecule has 1 aliphatic rings. The lowest BCUT2D eigenvalue weighted by Gasteiger charge is -2.24. The van der Waals surface area contributed by atoms with Crippen molar-refractivity contribution in [2.24, 2.45) is 0 Å². The molecule has 0 fully saturated rings. The van der Waals surface area contributed by atoms with Crippen molar-refractivity contribution in [2.45, 2.75) is 19.0 Å². The summed E-state index contributed by atoms with van der Waals surface area (Å²) in [6, 6.07) is 6.61. The molecule has 0 aromatic heterocycles. The van der Waals surface area contributed by atoms with Crippen LogP contribution in [0.4, 0.5) is 18.9 Å². The number of carboxylic acids is 1. The van der Waals surface area contributed by atoms with Gasteiger partial charge in [0, 0.05) is 12.1 Å². The molecular formula is C12H10F3NO2. The van der Waals surface area contributed by atoms with Gasteiger partial charge in [-0.05, 0) is 11.6 Å². The van der Waals surface area contributed by atoms with Crippen molar-refractivity contribution in [1.29, 1.82) is 0 Å². The molecule has 1 aliphatic heterocycles. The number of hydrogen-bond donors (Lipinski definition) is 2. The van der Waals surface area contributed by atoms with Crippen LogP contribution in [0, 0.1) is 0 Å². The van der Waals surface area contributed by atoms with Crippen LogP contribution in [-0.2, 0) is 11.2 Å². The number of anilines is 1. The summed E-state index contributed by atoms with van der Waals surface area (Å²) in [6.07, 6.45) is -5.95. The molecule has 0 amide bonds. The van der Waals surface area contributed by atoms with Crippen LogP contribution in [0.2, 0.25) is 0 Å². The number of rotatable bonds is 3. The second kappa shape index (κ2) is 4.72. The number of para-hydroxylation sites is 1. The smallest absolute Gasteiger partial charge is 0.333 e. The Labute approximate surface area is 101 Å². The Morgan fingerprint density at radius 2 is 1.94 bits per heavy atom. The lowest BCUT2D eigenvalue weighted by molar-refractivity contribution is -0.132. The predicted molar refractivity (Wildman–Crippen MR) is 59.3 cm³/mol. The van der Waals surface area contributed by atoms with Gasteiger partial charge >= 0.3 is 5.97 Å². The van der Waals surface area contributed by atoms with Crippen molar-refractivity contribution in [3.8, 4) is 0 Å². The summed E-state index contributed by atoms with van der Waals surface area (Å²) in [6.45, 7) is 0. The first kappa shape index (κ1) is 12.5. The number of nitrogens with one attached hydrogen (secondary N) is 1. The molecule has 0 radical (unpaired) electrons. The van der Waals surface area contributed by atoms with Crippen LogP contribution in [-0.4, -0.2) is 23.7 Å². The molecule has 0 saturated carbocycles. The Morgan fingerprint density at radius 3 is 2.56 bits per heavy atom. The first-order valence-electron chi connectivity index (χ1n) is 5.24. The van der Waals surface area contributed by atoms with E-state index >= 15 is 0 Å². The fourth-order valence-corrected chi connectivity index (χ4v) is 1.85. The van der Waals surface area contributed by atoms with Crippen LogP contribution in [0.5, 0.6) is 0 Å². The lowest BCUT2D eigenvalue weighted by Crippen LogP contribution is -2.28. The number of carbonyl (C=O) groups is 1. The molecule has 1 aromatic carbocycles. The standard InChI is InChI=1S/C12H10F3NO2/c13-9(11(14)15)10-7(12(17)18)5-6-3-1-2-4-8(6)16-10/h1-4,9,11,16H,5H2,(H,17,18). The number of alkyl halides is 3. The van der Waals surface area contributed by atoms with Gasteiger partial charge in [-0.1, -0.05) is 18.2 Å². The quantitative estimate of drug-likeness (QED) is 0.875. The van der Waals surface area contributed by atoms with Gasteiger partial charge in [-0.15, -0.1) is 0 Å². The zero-order chi connectivity index (χ0) is 13.3. The highest BCUT2D eigenvalue weighted by Crippen LogP contribution is 2.31. The molecule has 2 rings (SSSR count). The minimum Gasteiger partial charge on any atom is -0.478 e. The number of hydrogen-bond acceptors (Lipinski definition) is 2. The van der Waals surface area contributed by atoms with Crippen molar-refractivity contribution < 1.29 is 23.1 Å². The van der Waals surface area contributed by atoms with Crippen LogP contribution in [0.25, 0.3) is 0 Å². The fourth-order valence-electron chi connectivity index (χ4n) is 1.85. The van der Waals surface area contributed by atoms with E-state index in [4.69, 9.17) is 5.11 Å². The van der Waals surface area contributed by atoms with E-state index in [1.165, 1.54) is 0 Å². The van der Waals surface area contributed by atoms with Crippen LogP contribution >= 0.6 is 0 Å². The molecule has 18 heavy (non-hydrogen) atoms. The third-order valence-electron chi connectivity index (χ3n) is 2.73. The molecule has 6 heteroatoms. The van der Waals surface area contributed by atoms with Crippen molar-refractivity contribution in [3.63, 3.8) is 0 Å². The number of carboxylic acid groups (broad SMARTS) is 1. The third-order valence-corrected chi connectivity index (χ3v) is 2.73. The average Bonchev–Trinajstić information content (AvgIpc) is 2.36. The van der Waals surface area contributed by atoms with E-state index in [9.17, 15) is 18.0 Å². The van der Waals surface area contributed by atoms with E-state index in [1.54, 1.807) is 24.3 Å². The van der Waals surface area contributed by atoms with Gasteiger partial charge in [0.15, 0.2) is 0 Å². The molecule has 1 heterocycles. The first-order valence-corrected chi connectivity index (χ1v) is 5.24. The second-order valence-electron chi connectivity index (χ2n) is 3.89. The number of benzene rings is 1. The van der Waals surface area contributed by atoms with E-state index in [0.29, 0.717) is 11.3 Å². The van der Waals surface area contributed by atoms with Gasteiger partial charge in [0.25, 0.3) is 6.43 Å². The maximum atomic E-state index is 13.4. The monoisotopic (exact) mass is 257 g/mol. The maximum absolute atomic E-state index is 13.4. The van der Waals surface area contributed by atoms with E-state index in [1.807, 2.05) is 0 Å². The van der Waals surface area contributed by atoms with E-state index in [2.05, 4.69) is 5.32 Å². The van der Waals surface area contributed by atoms with Gasteiger partial charge in [-0.25, -0.2) is 18.0 Å². The molecule has 0 saturated heterocycles. The summed E-state index contributed by atoms with van der Waals surface area (Å²) in [7, 11) is 0. The molecule has 0 spiro atoms. The van der Waals surface area contributed by atoms with Gasteiger partial charge in [-0.3, -0.25) is 0 Å². The molecule has 1 atom stereocenters. The molecule has 2 N–H and O–H groups in total. The Hall–Kier alpha value is -1.98. The minimum atomic E-state index is -3.26. The van der Waals surface area contributed by atoms with Crippen molar-refractivity contribution in [2.75, 3.05) is 5.32 Å². The van der Waals surface area contributed by atoms with Gasteiger partial charge in [0.05, 0.1) is 11.3 Å². The highest BCUT2D eigenvalue weighted by atomic mass is 19.3. The van der Waals surface area contributed by atoms with Crippen molar-refractivity contribution >= 4 is 11.7 Å². The minimum absolute atomic E-state index is 0.0685. The Bertz CT molecular complexity index is 514. The van der Waals surface area contributed by atoms with Crippen molar-refractivity contribution in [3.05, 3.63) is 41.1 Å². The molecule has 0 bridgehead atoms. The molecule has 0 aliphatic carbocycles. The molecule has 96 valence electrons. The fraction of sp³-hybridized carbons (Fsp3) is 0.250. The summed E-state index contributed by atoms with van der Waals surface area (Å²) in [5.74, 6) is -1.39. The van der Waals surface area contributed by atoms with Crippen LogP contribution in [0.3, 0.4) is 0 Å². The molecule has 1 aromatic rings. The number of aliphatic carboxylic acids is 1. The zero-order valence-corrected chi connectivity index (χ0v) is 9.16. The number of halogens is 3. The largest absolute Gasteiger partial charge is 0.478 e. The van der Waals surface area contributed by atoms with Gasteiger partial charge in [0.2, 0.25) is 6.17 Å². The van der Waals surface area contributed by atoms with Gasteiger partial charge < -0.3 is 10.4 Å². The Kier molecular flexibility index (Phi) is 3.27. The van der Waals surface area contributed by atoms with Gasteiger partial charge in [-0.2, -0.15) is 0 Å². The van der Waals surface area contributed by atoms with E-state index in [-0.39, 0.29) is 12.0 Å². The highest BCUT2D eigenvalue weighted by molar-refractivity contribution is 5.90. The van der Waals surface area contributed by atoms with E-state index in [0.717, 1.165) is 0 Å². The molecule has 3 nitrogen and oxygen atoms in total. The Morgan fingerprint density at radius 1 is 1.28 bits per heavy atom. The normalized spacial score (nSPS) is 16.2. The second-order valence-corrected chi connectivity index (χ2v) is 3.89. The highest BCUT2D eigenvalue weighted by Gasteiger charge is 2.32. The number of allylic oxidation sites excluding steroid dienone is 1. The van der Waals surface area contributed by atoms with Crippen molar-refractivity contribution in [1.82, 2.24) is 0 Å². The van der Waals surface area contributed by atoms with Crippen LogP contribution in [0.15, 0.2) is 35.5 Å². The SMILES string of the molecule is O=C(O)C1=C(C(F)C(F)F)Nc2ccccc2C1. The topological polar surface area (TPSA) is 49.3 Å². The van der Waals surface area contributed by atoms with Crippen LogP contribution < -0.4 is 5.32 Å². The molecule has 1 unspecified atom stereocenters. The van der Waals surface area contributed by atoms with Crippen LogP contribution in [0.1, 0.15) is 5.56 Å². The number of fused-ring (bicyclic) bond motifs is 1. The summed E-state index contributed by atoms with van der Waals surface area (Å²) in [5, 5.41) is 11.4. The first-order chi connectivity index (χ1) is 8.50. The van der Waals surface area contributed by atoms with E-state index < -0.39 is 24.3 Å². The summed E-state index contributed by atoms with van der Waals surface area (Å²) >= 11 is 0. The van der Waals surface area contributed by atoms with Gasteiger partial charge in [0.1, 0.15) is 0 Å². The maximum Gasteiger partial charge on any atom is 0.333 e. The summed E-state index contributed by atoms with van der Waals surface area (Å²) < 4.78 is 38.1. The third kappa shape index (κ3) is 2.18. The average molecular weight is 257 g/mol. The molecular weight excluding hydrogens is 247 g/mol. The summed E-state index contributed by atoms with van der Waals surface area (Å²) in [4.78, 5) is 11.0.